The summed E-state index contributed by atoms with van der Waals surface area (Å²) >= 11 is 1.45. The van der Waals surface area contributed by atoms with E-state index < -0.39 is 5.60 Å². The normalized spacial score (nSPS) is 21.7. The van der Waals surface area contributed by atoms with Gasteiger partial charge in [0.15, 0.2) is 0 Å². The maximum absolute atomic E-state index is 12.6. The van der Waals surface area contributed by atoms with E-state index in [4.69, 9.17) is 0 Å². The fourth-order valence-corrected chi connectivity index (χ4v) is 4.04. The summed E-state index contributed by atoms with van der Waals surface area (Å²) in [7, 11) is 0. The number of aliphatic hydroxyl groups is 1. The van der Waals surface area contributed by atoms with Gasteiger partial charge >= 0.3 is 0 Å². The van der Waals surface area contributed by atoms with E-state index in [9.17, 15) is 14.7 Å². The summed E-state index contributed by atoms with van der Waals surface area (Å²) in [5.74, 6) is -0.0979. The number of thiophene rings is 1. The number of hydrogen-bond acceptors (Lipinski definition) is 4. The Kier molecular flexibility index (Phi) is 4.49. The Labute approximate surface area is 134 Å². The third-order valence-electron chi connectivity index (χ3n) is 4.63. The minimum atomic E-state index is -1.16. The average molecular weight is 322 g/mol. The number of rotatable bonds is 2. The summed E-state index contributed by atoms with van der Waals surface area (Å²) in [5, 5.41) is 12.4. The molecule has 2 amide bonds. The summed E-state index contributed by atoms with van der Waals surface area (Å²) in [6, 6.07) is 3.71. The highest BCUT2D eigenvalue weighted by Gasteiger charge is 2.41. The van der Waals surface area contributed by atoms with Crippen molar-refractivity contribution in [2.75, 3.05) is 26.2 Å². The van der Waals surface area contributed by atoms with E-state index in [0.717, 1.165) is 24.1 Å². The molecule has 6 heteroatoms. The summed E-state index contributed by atoms with van der Waals surface area (Å²) in [6.45, 7) is 2.34. The minimum Gasteiger partial charge on any atom is -0.380 e. The highest BCUT2D eigenvalue weighted by molar-refractivity contribution is 7.12. The van der Waals surface area contributed by atoms with Gasteiger partial charge in [-0.15, -0.1) is 11.3 Å². The number of hydrogen-bond donors (Lipinski definition) is 1. The van der Waals surface area contributed by atoms with E-state index in [0.29, 0.717) is 39.0 Å². The van der Waals surface area contributed by atoms with E-state index >= 15 is 0 Å². The van der Waals surface area contributed by atoms with Gasteiger partial charge in [0.2, 0.25) is 0 Å². The highest BCUT2D eigenvalue weighted by Crippen LogP contribution is 2.31. The van der Waals surface area contributed by atoms with Crippen molar-refractivity contribution in [2.45, 2.75) is 37.7 Å². The van der Waals surface area contributed by atoms with Crippen molar-refractivity contribution in [1.82, 2.24) is 9.80 Å². The first-order valence-corrected chi connectivity index (χ1v) is 8.83. The van der Waals surface area contributed by atoms with Crippen LogP contribution < -0.4 is 0 Å². The highest BCUT2D eigenvalue weighted by atomic mass is 32.1. The van der Waals surface area contributed by atoms with Crippen LogP contribution in [0, 0.1) is 0 Å². The fourth-order valence-electron chi connectivity index (χ4n) is 3.35. The molecule has 22 heavy (non-hydrogen) atoms. The van der Waals surface area contributed by atoms with E-state index in [1.54, 1.807) is 4.90 Å². The zero-order valence-electron chi connectivity index (χ0n) is 12.7. The predicted molar refractivity (Wildman–Crippen MR) is 84.8 cm³/mol. The zero-order valence-corrected chi connectivity index (χ0v) is 13.5. The standard InChI is InChI=1S/C16H22N2O3S/c19-14(13-5-3-12-22-13)17-8-4-9-18(11-10-17)15(20)16(21)6-1-2-7-16/h3,5,12,21H,1-2,4,6-11H2. The Morgan fingerprint density at radius 2 is 1.73 bits per heavy atom. The Bertz CT molecular complexity index is 538. The Hall–Kier alpha value is -1.40. The SMILES string of the molecule is O=C(c1cccs1)N1CCCN(C(=O)C2(O)CCCC2)CC1. The Morgan fingerprint density at radius 3 is 2.41 bits per heavy atom. The molecule has 5 nitrogen and oxygen atoms in total. The Balaban J connectivity index is 1.62. The van der Waals surface area contributed by atoms with Crippen molar-refractivity contribution < 1.29 is 14.7 Å². The van der Waals surface area contributed by atoms with Gasteiger partial charge in [0.1, 0.15) is 5.60 Å². The summed E-state index contributed by atoms with van der Waals surface area (Å²) < 4.78 is 0. The summed E-state index contributed by atoms with van der Waals surface area (Å²) in [5.41, 5.74) is -1.16. The van der Waals surface area contributed by atoms with Crippen LogP contribution in [0.5, 0.6) is 0 Å². The van der Waals surface area contributed by atoms with Crippen molar-refractivity contribution in [3.8, 4) is 0 Å². The van der Waals surface area contributed by atoms with E-state index in [-0.39, 0.29) is 11.8 Å². The topological polar surface area (TPSA) is 60.9 Å². The smallest absolute Gasteiger partial charge is 0.263 e. The minimum absolute atomic E-state index is 0.0453. The van der Waals surface area contributed by atoms with Gasteiger partial charge in [0.05, 0.1) is 4.88 Å². The van der Waals surface area contributed by atoms with Crippen LogP contribution >= 0.6 is 11.3 Å². The molecule has 1 aromatic rings. The molecule has 0 bridgehead atoms. The van der Waals surface area contributed by atoms with Gasteiger partial charge < -0.3 is 14.9 Å². The van der Waals surface area contributed by atoms with E-state index in [1.165, 1.54) is 11.3 Å². The quantitative estimate of drug-likeness (QED) is 0.902. The molecular weight excluding hydrogens is 300 g/mol. The van der Waals surface area contributed by atoms with Crippen LogP contribution in [0.1, 0.15) is 41.8 Å². The van der Waals surface area contributed by atoms with Gasteiger partial charge in [-0.3, -0.25) is 9.59 Å². The van der Waals surface area contributed by atoms with Crippen molar-refractivity contribution in [2.24, 2.45) is 0 Å². The van der Waals surface area contributed by atoms with Gasteiger partial charge in [-0.1, -0.05) is 6.07 Å². The van der Waals surface area contributed by atoms with Crippen LogP contribution in [0.3, 0.4) is 0 Å². The molecule has 3 rings (SSSR count). The second-order valence-corrected chi connectivity index (χ2v) is 7.10. The van der Waals surface area contributed by atoms with Gasteiger partial charge in [0.25, 0.3) is 11.8 Å². The van der Waals surface area contributed by atoms with Gasteiger partial charge in [-0.2, -0.15) is 0 Å². The third-order valence-corrected chi connectivity index (χ3v) is 5.49. The van der Waals surface area contributed by atoms with Crippen LogP contribution in [0.2, 0.25) is 0 Å². The largest absolute Gasteiger partial charge is 0.380 e. The Morgan fingerprint density at radius 1 is 1.05 bits per heavy atom. The van der Waals surface area contributed by atoms with Crippen molar-refractivity contribution in [1.29, 1.82) is 0 Å². The second kappa shape index (κ2) is 6.38. The first-order valence-electron chi connectivity index (χ1n) is 7.95. The molecule has 1 saturated carbocycles. The van der Waals surface area contributed by atoms with E-state index in [1.807, 2.05) is 22.4 Å². The van der Waals surface area contributed by atoms with Crippen LogP contribution in [-0.4, -0.2) is 58.5 Å². The summed E-state index contributed by atoms with van der Waals surface area (Å²) in [6.07, 6.45) is 3.73. The molecule has 2 heterocycles. The molecule has 1 N–H and O–H groups in total. The van der Waals surface area contributed by atoms with Gasteiger partial charge in [0, 0.05) is 26.2 Å². The lowest BCUT2D eigenvalue weighted by atomic mass is 10.0. The number of nitrogens with zero attached hydrogens (tertiary/aromatic N) is 2. The molecule has 0 spiro atoms. The van der Waals surface area contributed by atoms with Gasteiger partial charge in [-0.25, -0.2) is 0 Å². The molecule has 0 atom stereocenters. The molecule has 1 aromatic heterocycles. The first kappa shape index (κ1) is 15.5. The molecule has 0 radical (unpaired) electrons. The molecule has 1 aliphatic carbocycles. The van der Waals surface area contributed by atoms with Crippen LogP contribution in [0.4, 0.5) is 0 Å². The molecule has 1 aliphatic heterocycles. The third kappa shape index (κ3) is 3.03. The molecule has 2 fully saturated rings. The maximum atomic E-state index is 12.6. The monoisotopic (exact) mass is 322 g/mol. The number of carbonyl (C=O) groups excluding carboxylic acids is 2. The average Bonchev–Trinajstić information content (AvgIpc) is 3.14. The lowest BCUT2D eigenvalue weighted by Gasteiger charge is -2.29. The fraction of sp³-hybridized carbons (Fsp3) is 0.625. The lowest BCUT2D eigenvalue weighted by molar-refractivity contribution is -0.150. The lowest BCUT2D eigenvalue weighted by Crippen LogP contribution is -2.48. The van der Waals surface area contributed by atoms with Crippen molar-refractivity contribution in [3.63, 3.8) is 0 Å². The van der Waals surface area contributed by atoms with Crippen molar-refractivity contribution in [3.05, 3.63) is 22.4 Å². The first-order chi connectivity index (χ1) is 10.6. The molecule has 1 saturated heterocycles. The predicted octanol–water partition coefficient (Wildman–Crippen LogP) is 1.73. The molecule has 2 aliphatic rings. The molecule has 0 unspecified atom stereocenters. The maximum Gasteiger partial charge on any atom is 0.263 e. The second-order valence-electron chi connectivity index (χ2n) is 6.15. The number of amides is 2. The molecule has 120 valence electrons. The van der Waals surface area contributed by atoms with E-state index in [2.05, 4.69) is 0 Å². The van der Waals surface area contributed by atoms with Crippen LogP contribution in [-0.2, 0) is 4.79 Å². The number of carbonyl (C=O) groups is 2. The molecule has 0 aromatic carbocycles. The van der Waals surface area contributed by atoms with Crippen molar-refractivity contribution >= 4 is 23.2 Å². The zero-order chi connectivity index (χ0) is 15.6. The summed E-state index contributed by atoms with van der Waals surface area (Å²) in [4.78, 5) is 29.3. The van der Waals surface area contributed by atoms with Crippen LogP contribution in [0.25, 0.3) is 0 Å². The molecular formula is C16H22N2O3S. The van der Waals surface area contributed by atoms with Crippen LogP contribution in [0.15, 0.2) is 17.5 Å². The van der Waals surface area contributed by atoms with Gasteiger partial charge in [-0.05, 0) is 43.6 Å².